The molecule has 1 unspecified atom stereocenters. The Kier molecular flexibility index (Phi) is 6.19. The van der Waals surface area contributed by atoms with Gasteiger partial charge < -0.3 is 19.5 Å². The molecule has 0 aliphatic carbocycles. The fourth-order valence-electron chi connectivity index (χ4n) is 3.63. The summed E-state index contributed by atoms with van der Waals surface area (Å²) in [6.45, 7) is 1.42. The molecule has 1 amide bonds. The third-order valence-corrected chi connectivity index (χ3v) is 5.11. The summed E-state index contributed by atoms with van der Waals surface area (Å²) in [6.07, 6.45) is 1.85. The van der Waals surface area contributed by atoms with Crippen LogP contribution in [0.2, 0.25) is 0 Å². The van der Waals surface area contributed by atoms with Gasteiger partial charge in [-0.15, -0.1) is 0 Å². The summed E-state index contributed by atoms with van der Waals surface area (Å²) in [5.74, 6) is 0.699. The number of carboxylic acid groups (broad SMARTS) is 1. The molecule has 0 bridgehead atoms. The van der Waals surface area contributed by atoms with Crippen molar-refractivity contribution < 1.29 is 24.2 Å². The van der Waals surface area contributed by atoms with E-state index in [1.54, 1.807) is 32.4 Å². The molecule has 0 radical (unpaired) electrons. The van der Waals surface area contributed by atoms with Gasteiger partial charge in [0.05, 0.1) is 26.2 Å². The molecule has 0 aromatic heterocycles. The molecule has 1 fully saturated rings. The molecule has 6 heteroatoms. The minimum atomic E-state index is -0.827. The van der Waals surface area contributed by atoms with E-state index in [9.17, 15) is 9.59 Å². The van der Waals surface area contributed by atoms with Crippen LogP contribution in [0.5, 0.6) is 11.5 Å². The molecular weight excluding hydrogens is 358 g/mol. The van der Waals surface area contributed by atoms with Crippen molar-refractivity contribution in [2.45, 2.75) is 19.3 Å². The molecule has 2 aromatic rings. The predicted octanol–water partition coefficient (Wildman–Crippen LogP) is 3.04. The van der Waals surface area contributed by atoms with Gasteiger partial charge in [-0.05, 0) is 42.0 Å². The van der Waals surface area contributed by atoms with E-state index in [1.807, 2.05) is 29.2 Å². The maximum atomic E-state index is 12.9. The van der Waals surface area contributed by atoms with Gasteiger partial charge in [0.15, 0.2) is 0 Å². The van der Waals surface area contributed by atoms with Gasteiger partial charge in [0.25, 0.3) is 5.91 Å². The largest absolute Gasteiger partial charge is 0.497 e. The summed E-state index contributed by atoms with van der Waals surface area (Å²) < 4.78 is 10.6. The molecule has 1 aliphatic rings. The van der Waals surface area contributed by atoms with Crippen LogP contribution >= 0.6 is 0 Å². The van der Waals surface area contributed by atoms with E-state index in [2.05, 4.69) is 0 Å². The van der Waals surface area contributed by atoms with Crippen LogP contribution in [0.1, 0.15) is 27.9 Å². The Balaban J connectivity index is 1.62. The van der Waals surface area contributed by atoms with E-state index >= 15 is 0 Å². The van der Waals surface area contributed by atoms with Crippen LogP contribution in [0, 0.1) is 5.92 Å². The topological polar surface area (TPSA) is 76.1 Å². The molecule has 1 saturated heterocycles. The van der Waals surface area contributed by atoms with E-state index < -0.39 is 5.97 Å². The number of aliphatic carboxylic acids is 1. The molecule has 148 valence electrons. The van der Waals surface area contributed by atoms with Crippen molar-refractivity contribution in [3.63, 3.8) is 0 Å². The van der Waals surface area contributed by atoms with Gasteiger partial charge in [0.1, 0.15) is 11.5 Å². The van der Waals surface area contributed by atoms with Gasteiger partial charge in [0.2, 0.25) is 0 Å². The van der Waals surface area contributed by atoms with Crippen molar-refractivity contribution in [2.24, 2.45) is 5.92 Å². The smallest absolute Gasteiger partial charge is 0.307 e. The van der Waals surface area contributed by atoms with Crippen LogP contribution in [0.3, 0.4) is 0 Å². The fraction of sp³-hybridized carbons (Fsp3) is 0.364. The Bertz CT molecular complexity index is 847. The van der Waals surface area contributed by atoms with E-state index in [4.69, 9.17) is 14.6 Å². The molecular formula is C22H25NO5. The molecule has 1 heterocycles. The van der Waals surface area contributed by atoms with Gasteiger partial charge in [-0.2, -0.15) is 0 Å². The fourth-order valence-corrected chi connectivity index (χ4v) is 3.63. The Morgan fingerprint density at radius 3 is 2.43 bits per heavy atom. The first-order valence-electron chi connectivity index (χ1n) is 9.31. The standard InChI is InChI=1S/C22H25NO5/c1-27-18-7-8-19(20(13-18)28-2)22(26)23-10-9-17(14-23)11-15-3-5-16(6-4-15)12-21(24)25/h3-8,13,17H,9-12,14H2,1-2H3,(H,24,25). The van der Waals surface area contributed by atoms with Crippen LogP contribution in [0.25, 0.3) is 0 Å². The first-order valence-corrected chi connectivity index (χ1v) is 9.31. The number of hydrogen-bond donors (Lipinski definition) is 1. The average Bonchev–Trinajstić information content (AvgIpc) is 3.16. The molecule has 0 saturated carbocycles. The van der Waals surface area contributed by atoms with Crippen molar-refractivity contribution in [3.05, 3.63) is 59.2 Å². The number of likely N-dealkylation sites (tertiary alicyclic amines) is 1. The molecule has 28 heavy (non-hydrogen) atoms. The van der Waals surface area contributed by atoms with Gasteiger partial charge >= 0.3 is 5.97 Å². The number of rotatable bonds is 7. The van der Waals surface area contributed by atoms with Crippen molar-refractivity contribution in [2.75, 3.05) is 27.3 Å². The molecule has 1 N–H and O–H groups in total. The number of carbonyl (C=O) groups excluding carboxylic acids is 1. The van der Waals surface area contributed by atoms with Crippen molar-refractivity contribution in [3.8, 4) is 11.5 Å². The second kappa shape index (κ2) is 8.78. The van der Waals surface area contributed by atoms with Crippen LogP contribution < -0.4 is 9.47 Å². The van der Waals surface area contributed by atoms with Gasteiger partial charge in [-0.1, -0.05) is 24.3 Å². The number of benzene rings is 2. The number of carbonyl (C=O) groups is 2. The molecule has 6 nitrogen and oxygen atoms in total. The highest BCUT2D eigenvalue weighted by Gasteiger charge is 2.28. The summed E-state index contributed by atoms with van der Waals surface area (Å²) >= 11 is 0. The molecule has 1 aliphatic heterocycles. The molecule has 1 atom stereocenters. The zero-order valence-electron chi connectivity index (χ0n) is 16.2. The van der Waals surface area contributed by atoms with Crippen LogP contribution in [0.15, 0.2) is 42.5 Å². The molecule has 0 spiro atoms. The highest BCUT2D eigenvalue weighted by atomic mass is 16.5. The summed E-state index contributed by atoms with van der Waals surface area (Å²) in [5.41, 5.74) is 2.50. The highest BCUT2D eigenvalue weighted by Crippen LogP contribution is 2.28. The number of amides is 1. The monoisotopic (exact) mass is 383 g/mol. The summed E-state index contributed by atoms with van der Waals surface area (Å²) in [4.78, 5) is 25.6. The lowest BCUT2D eigenvalue weighted by Gasteiger charge is -2.18. The summed E-state index contributed by atoms with van der Waals surface area (Å²) in [7, 11) is 3.13. The summed E-state index contributed by atoms with van der Waals surface area (Å²) in [6, 6.07) is 12.9. The molecule has 2 aromatic carbocycles. The lowest BCUT2D eigenvalue weighted by Crippen LogP contribution is -2.29. The minimum absolute atomic E-state index is 0.0289. The Hall–Kier alpha value is -3.02. The Morgan fingerprint density at radius 1 is 1.07 bits per heavy atom. The van der Waals surface area contributed by atoms with Crippen molar-refractivity contribution in [1.82, 2.24) is 4.90 Å². The van der Waals surface area contributed by atoms with Crippen LogP contribution in [0.4, 0.5) is 0 Å². The number of hydrogen-bond acceptors (Lipinski definition) is 4. The third-order valence-electron chi connectivity index (χ3n) is 5.11. The second-order valence-electron chi connectivity index (χ2n) is 7.06. The van der Waals surface area contributed by atoms with E-state index in [1.165, 1.54) is 0 Å². The quantitative estimate of drug-likeness (QED) is 0.795. The van der Waals surface area contributed by atoms with Crippen LogP contribution in [-0.2, 0) is 17.6 Å². The zero-order valence-corrected chi connectivity index (χ0v) is 16.2. The van der Waals surface area contributed by atoms with Crippen LogP contribution in [-0.4, -0.2) is 49.2 Å². The predicted molar refractivity (Wildman–Crippen MR) is 105 cm³/mol. The first-order chi connectivity index (χ1) is 13.5. The average molecular weight is 383 g/mol. The maximum absolute atomic E-state index is 12.9. The first kappa shape index (κ1) is 19.7. The van der Waals surface area contributed by atoms with E-state index in [0.717, 1.165) is 30.5 Å². The minimum Gasteiger partial charge on any atom is -0.497 e. The normalized spacial score (nSPS) is 16.1. The third kappa shape index (κ3) is 4.63. The number of nitrogens with zero attached hydrogens (tertiary/aromatic N) is 1. The number of methoxy groups -OCH3 is 2. The Morgan fingerprint density at radius 2 is 1.79 bits per heavy atom. The SMILES string of the molecule is COc1ccc(C(=O)N2CCC(Cc3ccc(CC(=O)O)cc3)C2)c(OC)c1. The second-order valence-corrected chi connectivity index (χ2v) is 7.06. The number of ether oxygens (including phenoxy) is 2. The zero-order chi connectivity index (χ0) is 20.1. The Labute approximate surface area is 164 Å². The van der Waals surface area contributed by atoms with Gasteiger partial charge in [-0.3, -0.25) is 9.59 Å². The van der Waals surface area contributed by atoms with E-state index in [0.29, 0.717) is 29.5 Å². The van der Waals surface area contributed by atoms with Gasteiger partial charge in [-0.25, -0.2) is 0 Å². The van der Waals surface area contributed by atoms with Crippen molar-refractivity contribution in [1.29, 1.82) is 0 Å². The number of carboxylic acids is 1. The maximum Gasteiger partial charge on any atom is 0.307 e. The lowest BCUT2D eigenvalue weighted by molar-refractivity contribution is -0.136. The molecule has 3 rings (SSSR count). The lowest BCUT2D eigenvalue weighted by atomic mass is 9.97. The van der Waals surface area contributed by atoms with Crippen molar-refractivity contribution >= 4 is 11.9 Å². The van der Waals surface area contributed by atoms with Gasteiger partial charge in [0, 0.05) is 19.2 Å². The van der Waals surface area contributed by atoms with E-state index in [-0.39, 0.29) is 12.3 Å². The summed E-state index contributed by atoms with van der Waals surface area (Å²) in [5, 5.41) is 8.85. The highest BCUT2D eigenvalue weighted by molar-refractivity contribution is 5.97.